The Bertz CT molecular complexity index is 789. The van der Waals surface area contributed by atoms with E-state index in [-0.39, 0.29) is 30.5 Å². The summed E-state index contributed by atoms with van der Waals surface area (Å²) in [6.45, 7) is 5.16. The summed E-state index contributed by atoms with van der Waals surface area (Å²) >= 11 is 0. The number of carbonyl (C=O) groups excluding carboxylic acids is 1. The molecule has 0 saturated carbocycles. The van der Waals surface area contributed by atoms with Crippen LogP contribution < -0.4 is 5.32 Å². The molecule has 0 unspecified atom stereocenters. The van der Waals surface area contributed by atoms with E-state index in [2.05, 4.69) is 45.5 Å². The lowest BCUT2D eigenvalue weighted by molar-refractivity contribution is -0.122. The minimum atomic E-state index is 0.0121. The van der Waals surface area contributed by atoms with Gasteiger partial charge in [0.1, 0.15) is 0 Å². The highest BCUT2D eigenvalue weighted by atomic mass is 16.3. The van der Waals surface area contributed by atoms with Crippen LogP contribution in [0.3, 0.4) is 0 Å². The number of nitrogens with zero attached hydrogens (tertiary/aromatic N) is 2. The number of benzene rings is 1. The maximum Gasteiger partial charge on any atom is 0.219 e. The van der Waals surface area contributed by atoms with Gasteiger partial charge in [0.2, 0.25) is 5.91 Å². The zero-order valence-corrected chi connectivity index (χ0v) is 16.6. The van der Waals surface area contributed by atoms with Crippen LogP contribution in [0.4, 0.5) is 0 Å². The number of hydrogen-bond donors (Lipinski definition) is 2. The highest BCUT2D eigenvalue weighted by molar-refractivity contribution is 5.75. The van der Waals surface area contributed by atoms with Crippen LogP contribution in [-0.2, 0) is 11.3 Å². The molecule has 3 atom stereocenters. The summed E-state index contributed by atoms with van der Waals surface area (Å²) in [5, 5.41) is 13.1. The number of hydrogen-bond acceptors (Lipinski definition) is 4. The van der Waals surface area contributed by atoms with E-state index in [4.69, 9.17) is 0 Å². The molecule has 5 nitrogen and oxygen atoms in total. The fourth-order valence-corrected chi connectivity index (χ4v) is 4.00. The second-order valence-electron chi connectivity index (χ2n) is 7.16. The monoisotopic (exact) mass is 379 g/mol. The van der Waals surface area contributed by atoms with Crippen molar-refractivity contribution < 1.29 is 9.90 Å². The number of amides is 1. The lowest BCUT2D eigenvalue weighted by atomic mass is 9.74. The number of aliphatic hydroxyl groups is 1. The summed E-state index contributed by atoms with van der Waals surface area (Å²) in [7, 11) is 0. The van der Waals surface area contributed by atoms with Crippen LogP contribution in [0.2, 0.25) is 0 Å². The molecule has 1 aromatic heterocycles. The quantitative estimate of drug-likeness (QED) is 0.740. The zero-order chi connectivity index (χ0) is 19.9. The van der Waals surface area contributed by atoms with Gasteiger partial charge in [-0.25, -0.2) is 0 Å². The predicted molar refractivity (Wildman–Crippen MR) is 112 cm³/mol. The summed E-state index contributed by atoms with van der Waals surface area (Å²) in [5.74, 6) is 0.220. The van der Waals surface area contributed by atoms with Crippen molar-refractivity contribution in [2.24, 2.45) is 0 Å². The van der Waals surface area contributed by atoms with Gasteiger partial charge < -0.3 is 10.4 Å². The number of nitrogens with one attached hydrogen (secondary N) is 1. The molecule has 0 radical (unpaired) electrons. The standard InChI is InChI=1S/C23H29N3O2/c1-3-7-17-9-11-18(12-10-17)23-20(14-25-22(28)4-2)26(21(23)16-27)15-19-8-5-6-13-24-19/h3,5-13,20-21,23,27H,4,14-16H2,1-2H3,(H,25,28)/t20-,21+,23+/m0/s1. The van der Waals surface area contributed by atoms with Crippen LogP contribution in [0.15, 0.2) is 54.7 Å². The lowest BCUT2D eigenvalue weighted by Crippen LogP contribution is -2.66. The Labute approximate surface area is 167 Å². The van der Waals surface area contributed by atoms with E-state index in [1.54, 1.807) is 6.20 Å². The largest absolute Gasteiger partial charge is 0.395 e. The number of rotatable bonds is 8. The molecule has 1 saturated heterocycles. The molecule has 0 aliphatic carbocycles. The smallest absolute Gasteiger partial charge is 0.219 e. The number of aliphatic hydroxyl groups excluding tert-OH is 1. The van der Waals surface area contributed by atoms with Crippen molar-refractivity contribution in [1.82, 2.24) is 15.2 Å². The number of carbonyl (C=O) groups is 1. The summed E-state index contributed by atoms with van der Waals surface area (Å²) in [4.78, 5) is 18.5. The number of likely N-dealkylation sites (tertiary alicyclic amines) is 1. The molecular formula is C23H29N3O2. The van der Waals surface area contributed by atoms with Crippen molar-refractivity contribution >= 4 is 12.0 Å². The molecule has 5 heteroatoms. The predicted octanol–water partition coefficient (Wildman–Crippen LogP) is 2.97. The van der Waals surface area contributed by atoms with Crippen LogP contribution in [0.1, 0.15) is 43.0 Å². The molecular weight excluding hydrogens is 350 g/mol. The van der Waals surface area contributed by atoms with Crippen LogP contribution in [0, 0.1) is 0 Å². The van der Waals surface area contributed by atoms with E-state index < -0.39 is 0 Å². The van der Waals surface area contributed by atoms with E-state index in [0.717, 1.165) is 11.3 Å². The Morgan fingerprint density at radius 3 is 2.61 bits per heavy atom. The first-order chi connectivity index (χ1) is 13.7. The average Bonchev–Trinajstić information content (AvgIpc) is 2.72. The maximum absolute atomic E-state index is 11.8. The van der Waals surface area contributed by atoms with Gasteiger partial charge in [0.15, 0.2) is 0 Å². The number of aromatic nitrogens is 1. The molecule has 2 N–H and O–H groups in total. The van der Waals surface area contributed by atoms with Crippen LogP contribution in [0.5, 0.6) is 0 Å². The Hall–Kier alpha value is -2.50. The van der Waals surface area contributed by atoms with E-state index in [9.17, 15) is 9.90 Å². The van der Waals surface area contributed by atoms with Crippen molar-refractivity contribution in [3.63, 3.8) is 0 Å². The van der Waals surface area contributed by atoms with Crippen molar-refractivity contribution in [2.75, 3.05) is 13.2 Å². The first kappa shape index (κ1) is 20.2. The van der Waals surface area contributed by atoms with Crippen molar-refractivity contribution in [1.29, 1.82) is 0 Å². The molecule has 1 aliphatic rings. The Morgan fingerprint density at radius 2 is 2.00 bits per heavy atom. The van der Waals surface area contributed by atoms with Gasteiger partial charge in [0, 0.05) is 43.7 Å². The lowest BCUT2D eigenvalue weighted by Gasteiger charge is -2.55. The van der Waals surface area contributed by atoms with Crippen molar-refractivity contribution in [3.8, 4) is 0 Å². The topological polar surface area (TPSA) is 65.5 Å². The molecule has 0 spiro atoms. The van der Waals surface area contributed by atoms with E-state index in [1.807, 2.05) is 38.1 Å². The molecule has 1 fully saturated rings. The minimum Gasteiger partial charge on any atom is -0.395 e. The summed E-state index contributed by atoms with van der Waals surface area (Å²) < 4.78 is 0. The fourth-order valence-electron chi connectivity index (χ4n) is 4.00. The molecule has 1 aromatic carbocycles. The maximum atomic E-state index is 11.8. The second kappa shape index (κ2) is 9.62. The van der Waals surface area contributed by atoms with Crippen LogP contribution in [0.25, 0.3) is 6.08 Å². The van der Waals surface area contributed by atoms with Crippen LogP contribution in [-0.4, -0.2) is 46.1 Å². The second-order valence-corrected chi connectivity index (χ2v) is 7.16. The molecule has 0 bridgehead atoms. The van der Waals surface area contributed by atoms with Crippen molar-refractivity contribution in [2.45, 2.75) is 44.8 Å². The third kappa shape index (κ3) is 4.49. The zero-order valence-electron chi connectivity index (χ0n) is 16.6. The van der Waals surface area contributed by atoms with Gasteiger partial charge in [-0.05, 0) is 30.2 Å². The Morgan fingerprint density at radius 1 is 1.21 bits per heavy atom. The molecule has 3 rings (SSSR count). The molecule has 2 aromatic rings. The molecule has 1 aliphatic heterocycles. The number of pyridine rings is 1. The molecule has 28 heavy (non-hydrogen) atoms. The molecule has 148 valence electrons. The molecule has 1 amide bonds. The van der Waals surface area contributed by atoms with Crippen LogP contribution >= 0.6 is 0 Å². The van der Waals surface area contributed by atoms with E-state index >= 15 is 0 Å². The summed E-state index contributed by atoms with van der Waals surface area (Å²) in [6.07, 6.45) is 6.35. The highest BCUT2D eigenvalue weighted by Crippen LogP contribution is 2.41. The Balaban J connectivity index is 1.82. The average molecular weight is 380 g/mol. The highest BCUT2D eigenvalue weighted by Gasteiger charge is 2.48. The first-order valence-electron chi connectivity index (χ1n) is 9.93. The van der Waals surface area contributed by atoms with Gasteiger partial charge in [-0.2, -0.15) is 0 Å². The van der Waals surface area contributed by atoms with E-state index in [1.165, 1.54) is 5.56 Å². The summed E-state index contributed by atoms with van der Waals surface area (Å²) in [6, 6.07) is 14.5. The SMILES string of the molecule is CC=Cc1ccc([C@H]2[C@@H](CO)N(Cc3ccccn3)[C@H]2CNC(=O)CC)cc1. The first-order valence-corrected chi connectivity index (χ1v) is 9.93. The van der Waals surface area contributed by atoms with Gasteiger partial charge in [-0.1, -0.05) is 49.4 Å². The van der Waals surface area contributed by atoms with Gasteiger partial charge >= 0.3 is 0 Å². The number of allylic oxidation sites excluding steroid dienone is 1. The Kier molecular flexibility index (Phi) is 6.95. The third-order valence-corrected chi connectivity index (χ3v) is 5.45. The fraction of sp³-hybridized carbons (Fsp3) is 0.391. The van der Waals surface area contributed by atoms with E-state index in [0.29, 0.717) is 19.5 Å². The van der Waals surface area contributed by atoms with Crippen molar-refractivity contribution in [3.05, 3.63) is 71.6 Å². The van der Waals surface area contributed by atoms with Gasteiger partial charge in [0.05, 0.1) is 12.3 Å². The van der Waals surface area contributed by atoms with Gasteiger partial charge in [-0.15, -0.1) is 0 Å². The summed E-state index contributed by atoms with van der Waals surface area (Å²) in [5.41, 5.74) is 3.32. The van der Waals surface area contributed by atoms with Gasteiger partial charge in [-0.3, -0.25) is 14.7 Å². The third-order valence-electron chi connectivity index (χ3n) is 5.45. The normalized spacial score (nSPS) is 22.2. The molecule has 2 heterocycles. The van der Waals surface area contributed by atoms with Gasteiger partial charge in [0.25, 0.3) is 0 Å². The minimum absolute atomic E-state index is 0.0121.